The summed E-state index contributed by atoms with van der Waals surface area (Å²) in [5.74, 6) is 0.248. The third kappa shape index (κ3) is 0.889. The van der Waals surface area contributed by atoms with Crippen LogP contribution in [0.3, 0.4) is 0 Å². The number of aromatic hydroxyl groups is 2. The van der Waals surface area contributed by atoms with Crippen molar-refractivity contribution < 1.29 is 10.2 Å². The molecule has 0 aromatic heterocycles. The summed E-state index contributed by atoms with van der Waals surface area (Å²) in [5, 5.41) is 18.7. The average Bonchev–Trinajstić information content (AvgIpc) is 2.29. The molecule has 0 saturated heterocycles. The van der Waals surface area contributed by atoms with Gasteiger partial charge in [0.05, 0.1) is 0 Å². The maximum absolute atomic E-state index is 9.34. The smallest absolute Gasteiger partial charge is 0.127 e. The minimum atomic E-state index is 0.124. The molecule has 2 aliphatic carbocycles. The minimum absolute atomic E-state index is 0.124. The normalized spacial score (nSPS) is 10.3. The predicted octanol–water partition coefficient (Wildman–Crippen LogP) is 2.20. The lowest BCUT2D eigenvalue weighted by atomic mass is 10.2. The van der Waals surface area contributed by atoms with Crippen LogP contribution in [0, 0.1) is 0 Å². The Hall–Kier alpha value is -1.70. The van der Waals surface area contributed by atoms with Gasteiger partial charge in [-0.1, -0.05) is 30.3 Å². The number of fused-ring (bicyclic) bond motifs is 1. The van der Waals surface area contributed by atoms with Gasteiger partial charge in [-0.25, -0.2) is 0 Å². The zero-order valence-corrected chi connectivity index (χ0v) is 6.36. The molecule has 2 heteroatoms. The van der Waals surface area contributed by atoms with Gasteiger partial charge in [0.15, 0.2) is 0 Å². The summed E-state index contributed by atoms with van der Waals surface area (Å²) < 4.78 is 0. The van der Waals surface area contributed by atoms with Crippen LogP contribution in [0.5, 0.6) is 11.5 Å². The molecule has 0 unspecified atom stereocenters. The van der Waals surface area contributed by atoms with Crippen LogP contribution in [0.25, 0.3) is 11.1 Å². The molecule has 2 N–H and O–H groups in total. The van der Waals surface area contributed by atoms with E-state index in [1.165, 1.54) is 6.07 Å². The van der Waals surface area contributed by atoms with Crippen molar-refractivity contribution in [3.8, 4) is 22.6 Å². The highest BCUT2D eigenvalue weighted by molar-refractivity contribution is 5.79. The van der Waals surface area contributed by atoms with Crippen molar-refractivity contribution in [2.24, 2.45) is 0 Å². The van der Waals surface area contributed by atoms with Gasteiger partial charge in [-0.2, -0.15) is 0 Å². The molecule has 0 aromatic rings. The molecule has 0 bridgehead atoms. The Morgan fingerprint density at radius 1 is 0.750 bits per heavy atom. The van der Waals surface area contributed by atoms with Gasteiger partial charge >= 0.3 is 0 Å². The quantitative estimate of drug-likeness (QED) is 0.620. The van der Waals surface area contributed by atoms with E-state index in [-0.39, 0.29) is 11.5 Å². The topological polar surface area (TPSA) is 40.5 Å². The highest BCUT2D eigenvalue weighted by atomic mass is 16.3. The first kappa shape index (κ1) is 6.98. The van der Waals surface area contributed by atoms with Crippen LogP contribution in [0.2, 0.25) is 0 Å². The van der Waals surface area contributed by atoms with Gasteiger partial charge in [0.1, 0.15) is 11.5 Å². The Morgan fingerprint density at radius 2 is 1.25 bits per heavy atom. The van der Waals surface area contributed by atoms with Crippen molar-refractivity contribution in [1.29, 1.82) is 0 Å². The molecule has 0 saturated carbocycles. The largest absolute Gasteiger partial charge is 0.507 e. The first-order valence-electron chi connectivity index (χ1n) is 3.69. The van der Waals surface area contributed by atoms with E-state index in [0.717, 1.165) is 0 Å². The zero-order chi connectivity index (χ0) is 8.55. The SMILES string of the molecule is Oc1cc(O)c2cccccc1-2. The number of hydrogen-bond donors (Lipinski definition) is 2. The predicted molar refractivity (Wildman–Crippen MR) is 46.4 cm³/mol. The highest BCUT2D eigenvalue weighted by Gasteiger charge is 2.11. The lowest BCUT2D eigenvalue weighted by molar-refractivity contribution is 0.464. The molecule has 60 valence electrons. The molecule has 12 heavy (non-hydrogen) atoms. The van der Waals surface area contributed by atoms with Crippen molar-refractivity contribution in [3.05, 3.63) is 36.4 Å². The van der Waals surface area contributed by atoms with Crippen molar-refractivity contribution >= 4 is 0 Å². The Bertz CT molecular complexity index is 348. The van der Waals surface area contributed by atoms with Crippen LogP contribution < -0.4 is 0 Å². The van der Waals surface area contributed by atoms with Gasteiger partial charge in [0.2, 0.25) is 0 Å². The summed E-state index contributed by atoms with van der Waals surface area (Å²) in [6.45, 7) is 0. The Labute approximate surface area is 70.1 Å². The van der Waals surface area contributed by atoms with Crippen molar-refractivity contribution in [3.63, 3.8) is 0 Å². The fraction of sp³-hybridized carbons (Fsp3) is 0. The Balaban J connectivity index is 2.79. The molecular weight excluding hydrogens is 152 g/mol. The average molecular weight is 160 g/mol. The molecule has 2 aliphatic rings. The molecule has 0 radical (unpaired) electrons. The van der Waals surface area contributed by atoms with Crippen LogP contribution in [0.15, 0.2) is 36.4 Å². The van der Waals surface area contributed by atoms with E-state index in [0.29, 0.717) is 11.1 Å². The van der Waals surface area contributed by atoms with Crippen molar-refractivity contribution in [1.82, 2.24) is 0 Å². The molecule has 0 spiro atoms. The summed E-state index contributed by atoms with van der Waals surface area (Å²) in [6, 6.07) is 10.4. The summed E-state index contributed by atoms with van der Waals surface area (Å²) >= 11 is 0. The van der Waals surface area contributed by atoms with E-state index in [2.05, 4.69) is 0 Å². The lowest BCUT2D eigenvalue weighted by Crippen LogP contribution is -1.65. The van der Waals surface area contributed by atoms with Crippen molar-refractivity contribution in [2.75, 3.05) is 0 Å². The molecule has 0 aliphatic heterocycles. The summed E-state index contributed by atoms with van der Waals surface area (Å²) in [7, 11) is 0. The van der Waals surface area contributed by atoms with Crippen LogP contribution in [-0.2, 0) is 0 Å². The summed E-state index contributed by atoms with van der Waals surface area (Å²) in [6.07, 6.45) is 0. The standard InChI is InChI=1S/C10H8O2/c11-9-6-10(12)8-5-3-1-2-4-7(8)9/h1-6,11-12H. The number of hydrogen-bond acceptors (Lipinski definition) is 2. The Morgan fingerprint density at radius 3 is 1.75 bits per heavy atom. The van der Waals surface area contributed by atoms with Crippen LogP contribution in [0.1, 0.15) is 0 Å². The molecule has 0 amide bonds. The van der Waals surface area contributed by atoms with Gasteiger partial charge < -0.3 is 10.2 Å². The zero-order valence-electron chi connectivity index (χ0n) is 6.36. The van der Waals surface area contributed by atoms with Crippen LogP contribution in [-0.4, -0.2) is 10.2 Å². The van der Waals surface area contributed by atoms with Gasteiger partial charge in [0, 0.05) is 17.2 Å². The fourth-order valence-corrected chi connectivity index (χ4v) is 1.28. The maximum atomic E-state index is 9.34. The highest BCUT2D eigenvalue weighted by Crippen LogP contribution is 2.40. The molecule has 2 nitrogen and oxygen atoms in total. The summed E-state index contributed by atoms with van der Waals surface area (Å²) in [4.78, 5) is 0. The maximum Gasteiger partial charge on any atom is 0.127 e. The van der Waals surface area contributed by atoms with Crippen molar-refractivity contribution in [2.45, 2.75) is 0 Å². The van der Waals surface area contributed by atoms with E-state index in [9.17, 15) is 10.2 Å². The van der Waals surface area contributed by atoms with E-state index >= 15 is 0 Å². The second kappa shape index (κ2) is 2.41. The molecule has 2 rings (SSSR count). The molecule has 0 fully saturated rings. The molecule has 0 heterocycles. The van der Waals surface area contributed by atoms with Gasteiger partial charge in [-0.05, 0) is 0 Å². The second-order valence-electron chi connectivity index (χ2n) is 2.65. The Kier molecular flexibility index (Phi) is 1.40. The summed E-state index contributed by atoms with van der Waals surface area (Å²) in [5.41, 5.74) is 1.36. The van der Waals surface area contributed by atoms with E-state index in [4.69, 9.17) is 0 Å². The first-order valence-corrected chi connectivity index (χ1v) is 3.69. The molecule has 0 atom stereocenters. The second-order valence-corrected chi connectivity index (χ2v) is 2.65. The monoisotopic (exact) mass is 160 g/mol. The van der Waals surface area contributed by atoms with Gasteiger partial charge in [-0.3, -0.25) is 0 Å². The number of rotatable bonds is 0. The lowest BCUT2D eigenvalue weighted by Gasteiger charge is -1.91. The third-order valence-electron chi connectivity index (χ3n) is 1.86. The van der Waals surface area contributed by atoms with E-state index in [1.807, 2.05) is 18.2 Å². The van der Waals surface area contributed by atoms with E-state index in [1.54, 1.807) is 12.1 Å². The minimum Gasteiger partial charge on any atom is -0.507 e. The van der Waals surface area contributed by atoms with Crippen LogP contribution in [0.4, 0.5) is 0 Å². The molecular formula is C10H8O2. The van der Waals surface area contributed by atoms with Gasteiger partial charge in [-0.15, -0.1) is 0 Å². The van der Waals surface area contributed by atoms with Gasteiger partial charge in [0.25, 0.3) is 0 Å². The fourth-order valence-electron chi connectivity index (χ4n) is 1.28. The molecule has 0 aromatic carbocycles. The first-order chi connectivity index (χ1) is 5.79. The van der Waals surface area contributed by atoms with E-state index < -0.39 is 0 Å². The third-order valence-corrected chi connectivity index (χ3v) is 1.86. The van der Waals surface area contributed by atoms with Crippen LogP contribution >= 0.6 is 0 Å².